The number of nitrogens with zero attached hydrogens (tertiary/aromatic N) is 2. The molecule has 1 aliphatic rings. The molecule has 1 aromatic heterocycles. The van der Waals surface area contributed by atoms with Gasteiger partial charge in [-0.2, -0.15) is 0 Å². The monoisotopic (exact) mass is 263 g/mol. The molecule has 3 N–H and O–H groups in total. The van der Waals surface area contributed by atoms with E-state index < -0.39 is 0 Å². The topological polar surface area (TPSA) is 61.9 Å². The Kier molecular flexibility index (Phi) is 5.39. The lowest BCUT2D eigenvalue weighted by molar-refractivity contribution is 0.364. The van der Waals surface area contributed by atoms with E-state index in [4.69, 9.17) is 0 Å². The zero-order valence-electron chi connectivity index (χ0n) is 12.0. The van der Waals surface area contributed by atoms with Crippen molar-refractivity contribution in [1.82, 2.24) is 15.3 Å². The number of aromatic nitrogens is 2. The third-order valence-corrected chi connectivity index (χ3v) is 3.45. The Hall–Kier alpha value is -1.36. The first-order valence-corrected chi connectivity index (χ1v) is 7.32. The summed E-state index contributed by atoms with van der Waals surface area (Å²) in [7, 11) is 0. The molecule has 106 valence electrons. The van der Waals surface area contributed by atoms with Crippen LogP contribution in [-0.2, 0) is 0 Å². The summed E-state index contributed by atoms with van der Waals surface area (Å²) in [6, 6.07) is 1.98. The minimum absolute atomic E-state index is 0.803. The highest BCUT2D eigenvalue weighted by molar-refractivity contribution is 5.47. The van der Waals surface area contributed by atoms with Gasteiger partial charge in [-0.25, -0.2) is 9.97 Å². The molecule has 1 unspecified atom stereocenters. The van der Waals surface area contributed by atoms with E-state index in [1.54, 1.807) is 0 Å². The Morgan fingerprint density at radius 3 is 2.79 bits per heavy atom. The van der Waals surface area contributed by atoms with Gasteiger partial charge in [-0.3, -0.25) is 0 Å². The SMILES string of the molecule is CCNc1cc(NCCC2CCCNC2)nc(C)n1. The van der Waals surface area contributed by atoms with Crippen LogP contribution in [0.2, 0.25) is 0 Å². The molecule has 1 fully saturated rings. The highest BCUT2D eigenvalue weighted by Crippen LogP contribution is 2.15. The van der Waals surface area contributed by atoms with Gasteiger partial charge in [0.25, 0.3) is 0 Å². The Bertz CT molecular complexity index is 387. The summed E-state index contributed by atoms with van der Waals surface area (Å²) >= 11 is 0. The first kappa shape index (κ1) is 14.1. The Balaban J connectivity index is 1.81. The fourth-order valence-electron chi connectivity index (χ4n) is 2.50. The van der Waals surface area contributed by atoms with E-state index in [2.05, 4.69) is 32.8 Å². The molecule has 19 heavy (non-hydrogen) atoms. The second-order valence-corrected chi connectivity index (χ2v) is 5.14. The van der Waals surface area contributed by atoms with Gasteiger partial charge in [0.05, 0.1) is 0 Å². The van der Waals surface area contributed by atoms with Crippen LogP contribution in [0.15, 0.2) is 6.07 Å². The van der Waals surface area contributed by atoms with Crippen molar-refractivity contribution < 1.29 is 0 Å². The summed E-state index contributed by atoms with van der Waals surface area (Å²) in [6.07, 6.45) is 3.86. The Labute approximate surface area is 115 Å². The molecular weight excluding hydrogens is 238 g/mol. The average Bonchev–Trinajstić information content (AvgIpc) is 2.40. The maximum atomic E-state index is 4.42. The van der Waals surface area contributed by atoms with Gasteiger partial charge in [0.15, 0.2) is 0 Å². The molecule has 0 saturated carbocycles. The summed E-state index contributed by atoms with van der Waals surface area (Å²) in [5.41, 5.74) is 0. The molecule has 1 aliphatic heterocycles. The van der Waals surface area contributed by atoms with Crippen LogP contribution in [0.25, 0.3) is 0 Å². The van der Waals surface area contributed by atoms with Gasteiger partial charge < -0.3 is 16.0 Å². The molecule has 2 heterocycles. The van der Waals surface area contributed by atoms with E-state index in [-0.39, 0.29) is 0 Å². The molecule has 2 rings (SSSR count). The molecule has 5 heteroatoms. The lowest BCUT2D eigenvalue weighted by Gasteiger charge is -2.22. The van der Waals surface area contributed by atoms with Gasteiger partial charge in [-0.05, 0) is 52.1 Å². The highest BCUT2D eigenvalue weighted by Gasteiger charge is 2.12. The smallest absolute Gasteiger partial charge is 0.131 e. The van der Waals surface area contributed by atoms with E-state index >= 15 is 0 Å². The normalized spacial score (nSPS) is 19.2. The number of hydrogen-bond acceptors (Lipinski definition) is 5. The van der Waals surface area contributed by atoms with Crippen molar-refractivity contribution in [3.8, 4) is 0 Å². The zero-order chi connectivity index (χ0) is 13.5. The van der Waals surface area contributed by atoms with Gasteiger partial charge in [-0.1, -0.05) is 0 Å². The van der Waals surface area contributed by atoms with Crippen LogP contribution in [0.4, 0.5) is 11.6 Å². The molecule has 1 aromatic rings. The number of piperidine rings is 1. The first-order chi connectivity index (χ1) is 9.28. The number of rotatable bonds is 6. The van der Waals surface area contributed by atoms with Gasteiger partial charge >= 0.3 is 0 Å². The van der Waals surface area contributed by atoms with Crippen LogP contribution in [0.3, 0.4) is 0 Å². The van der Waals surface area contributed by atoms with Crippen LogP contribution < -0.4 is 16.0 Å². The number of anilines is 2. The molecule has 1 atom stereocenters. The van der Waals surface area contributed by atoms with Crippen LogP contribution in [-0.4, -0.2) is 36.1 Å². The fraction of sp³-hybridized carbons (Fsp3) is 0.714. The second kappa shape index (κ2) is 7.28. The standard InChI is InChI=1S/C14H25N5/c1-3-16-13-9-14(19-11(2)18-13)17-8-6-12-5-4-7-15-10-12/h9,12,15H,3-8,10H2,1-2H3,(H2,16,17,18,19). The third-order valence-electron chi connectivity index (χ3n) is 3.45. The summed E-state index contributed by atoms with van der Waals surface area (Å²) in [6.45, 7) is 8.20. The molecule has 0 radical (unpaired) electrons. The van der Waals surface area contributed by atoms with E-state index in [1.165, 1.54) is 25.8 Å². The molecular formula is C14H25N5. The van der Waals surface area contributed by atoms with Crippen molar-refractivity contribution in [3.05, 3.63) is 11.9 Å². The molecule has 0 spiro atoms. The predicted octanol–water partition coefficient (Wildman–Crippen LogP) is 2.02. The van der Waals surface area contributed by atoms with Crippen LogP contribution in [0.5, 0.6) is 0 Å². The van der Waals surface area contributed by atoms with Gasteiger partial charge in [0.1, 0.15) is 17.5 Å². The largest absolute Gasteiger partial charge is 0.370 e. The summed E-state index contributed by atoms with van der Waals surface area (Å²) in [5.74, 6) is 3.43. The first-order valence-electron chi connectivity index (χ1n) is 7.32. The van der Waals surface area contributed by atoms with Crippen molar-refractivity contribution in [1.29, 1.82) is 0 Å². The summed E-state index contributed by atoms with van der Waals surface area (Å²) in [4.78, 5) is 8.77. The molecule has 5 nitrogen and oxygen atoms in total. The predicted molar refractivity (Wildman–Crippen MR) is 79.6 cm³/mol. The van der Waals surface area contributed by atoms with Crippen LogP contribution in [0, 0.1) is 12.8 Å². The van der Waals surface area contributed by atoms with E-state index in [0.29, 0.717) is 0 Å². The van der Waals surface area contributed by atoms with Crippen molar-refractivity contribution in [2.24, 2.45) is 5.92 Å². The van der Waals surface area contributed by atoms with Crippen molar-refractivity contribution in [2.75, 3.05) is 36.8 Å². The maximum Gasteiger partial charge on any atom is 0.131 e. The highest BCUT2D eigenvalue weighted by atomic mass is 15.1. The van der Waals surface area contributed by atoms with Gasteiger partial charge in [-0.15, -0.1) is 0 Å². The van der Waals surface area contributed by atoms with Crippen molar-refractivity contribution in [2.45, 2.75) is 33.1 Å². The summed E-state index contributed by atoms with van der Waals surface area (Å²) in [5, 5.41) is 10.1. The number of aryl methyl sites for hydroxylation is 1. The molecule has 0 amide bonds. The quantitative estimate of drug-likeness (QED) is 0.733. The maximum absolute atomic E-state index is 4.42. The van der Waals surface area contributed by atoms with Gasteiger partial charge in [0.2, 0.25) is 0 Å². The van der Waals surface area contributed by atoms with Crippen molar-refractivity contribution in [3.63, 3.8) is 0 Å². The lowest BCUT2D eigenvalue weighted by atomic mass is 9.96. The number of hydrogen-bond donors (Lipinski definition) is 3. The minimum atomic E-state index is 0.803. The van der Waals surface area contributed by atoms with Gasteiger partial charge in [0, 0.05) is 19.2 Å². The average molecular weight is 263 g/mol. The minimum Gasteiger partial charge on any atom is -0.370 e. The zero-order valence-corrected chi connectivity index (χ0v) is 12.0. The second-order valence-electron chi connectivity index (χ2n) is 5.14. The molecule has 0 bridgehead atoms. The molecule has 1 saturated heterocycles. The van der Waals surface area contributed by atoms with Crippen LogP contribution >= 0.6 is 0 Å². The van der Waals surface area contributed by atoms with Crippen molar-refractivity contribution >= 4 is 11.6 Å². The van der Waals surface area contributed by atoms with E-state index in [1.807, 2.05) is 13.0 Å². The van der Waals surface area contributed by atoms with E-state index in [9.17, 15) is 0 Å². The summed E-state index contributed by atoms with van der Waals surface area (Å²) < 4.78 is 0. The molecule has 0 aromatic carbocycles. The number of nitrogens with one attached hydrogen (secondary N) is 3. The lowest BCUT2D eigenvalue weighted by Crippen LogP contribution is -2.30. The Morgan fingerprint density at radius 2 is 2.11 bits per heavy atom. The third kappa shape index (κ3) is 4.67. The van der Waals surface area contributed by atoms with Crippen LogP contribution in [0.1, 0.15) is 32.0 Å². The fourth-order valence-corrected chi connectivity index (χ4v) is 2.50. The molecule has 0 aliphatic carbocycles. The Morgan fingerprint density at radius 1 is 1.32 bits per heavy atom. The van der Waals surface area contributed by atoms with E-state index in [0.717, 1.165) is 43.0 Å².